The lowest BCUT2D eigenvalue weighted by Crippen LogP contribution is -2.48. The van der Waals surface area contributed by atoms with Crippen LogP contribution in [0.25, 0.3) is 10.9 Å². The van der Waals surface area contributed by atoms with Gasteiger partial charge in [0.15, 0.2) is 0 Å². The number of likely N-dealkylation sites (tertiary alicyclic amines) is 1. The number of carbonyl (C=O) groups excluding carboxylic acids is 2. The first-order chi connectivity index (χ1) is 12.1. The van der Waals surface area contributed by atoms with Crippen LogP contribution in [0, 0.1) is 0 Å². The molecule has 2 fully saturated rings. The number of piperidine rings is 1. The Labute approximate surface area is 144 Å². The summed E-state index contributed by atoms with van der Waals surface area (Å²) in [6.45, 7) is 2.52. The summed E-state index contributed by atoms with van der Waals surface area (Å²) in [5, 5.41) is 3.34. The van der Waals surface area contributed by atoms with E-state index in [1.165, 1.54) is 6.20 Å². The fourth-order valence-electron chi connectivity index (χ4n) is 3.71. The van der Waals surface area contributed by atoms with E-state index in [2.05, 4.69) is 10.3 Å². The van der Waals surface area contributed by atoms with E-state index < -0.39 is 0 Å². The Morgan fingerprint density at radius 1 is 1.08 bits per heavy atom. The van der Waals surface area contributed by atoms with Gasteiger partial charge in [0.1, 0.15) is 5.56 Å². The highest BCUT2D eigenvalue weighted by atomic mass is 16.2. The topological polar surface area (TPSA) is 85.5 Å². The molecule has 2 aliphatic heterocycles. The Hall–Kier alpha value is -2.83. The molecule has 0 bridgehead atoms. The number of pyridine rings is 1. The summed E-state index contributed by atoms with van der Waals surface area (Å²) in [7, 11) is 0. The van der Waals surface area contributed by atoms with Crippen LogP contribution in [0.4, 0.5) is 4.79 Å². The third-order valence-corrected chi connectivity index (χ3v) is 5.10. The predicted octanol–water partition coefficient (Wildman–Crippen LogP) is 1.16. The number of urea groups is 1. The molecule has 25 heavy (non-hydrogen) atoms. The summed E-state index contributed by atoms with van der Waals surface area (Å²) in [5.74, 6) is -0.240. The molecule has 2 N–H and O–H groups in total. The van der Waals surface area contributed by atoms with E-state index in [0.29, 0.717) is 25.0 Å². The van der Waals surface area contributed by atoms with Crippen molar-refractivity contribution in [3.05, 3.63) is 46.2 Å². The Morgan fingerprint density at radius 2 is 1.84 bits per heavy atom. The molecule has 3 heterocycles. The molecule has 2 aliphatic rings. The molecule has 0 saturated carbocycles. The average Bonchev–Trinajstić information content (AvgIpc) is 3.08. The van der Waals surface area contributed by atoms with Gasteiger partial charge in [-0.2, -0.15) is 0 Å². The van der Waals surface area contributed by atoms with Crippen LogP contribution in [0.1, 0.15) is 23.2 Å². The zero-order chi connectivity index (χ0) is 17.4. The molecule has 2 aromatic rings. The molecule has 1 aromatic carbocycles. The van der Waals surface area contributed by atoms with E-state index in [1.54, 1.807) is 17.0 Å². The number of rotatable bonds is 2. The predicted molar refractivity (Wildman–Crippen MR) is 93.6 cm³/mol. The van der Waals surface area contributed by atoms with Gasteiger partial charge in [-0.25, -0.2) is 4.79 Å². The number of amides is 3. The molecule has 3 amide bonds. The molecule has 1 aromatic heterocycles. The molecule has 0 spiro atoms. The van der Waals surface area contributed by atoms with Gasteiger partial charge in [-0.3, -0.25) is 9.59 Å². The number of para-hydroxylation sites is 1. The number of fused-ring (bicyclic) bond motifs is 1. The smallest absolute Gasteiger partial charge is 0.317 e. The second-order valence-electron chi connectivity index (χ2n) is 6.53. The maximum atomic E-state index is 12.8. The van der Waals surface area contributed by atoms with Crippen LogP contribution in [0.2, 0.25) is 0 Å². The molecule has 4 rings (SSSR count). The van der Waals surface area contributed by atoms with Gasteiger partial charge in [-0.15, -0.1) is 0 Å². The maximum absolute atomic E-state index is 12.8. The van der Waals surface area contributed by atoms with Crippen LogP contribution in [-0.2, 0) is 0 Å². The number of hydrogen-bond donors (Lipinski definition) is 2. The summed E-state index contributed by atoms with van der Waals surface area (Å²) in [6.07, 6.45) is 2.99. The van der Waals surface area contributed by atoms with Crippen LogP contribution >= 0.6 is 0 Å². The van der Waals surface area contributed by atoms with Gasteiger partial charge < -0.3 is 20.1 Å². The van der Waals surface area contributed by atoms with Gasteiger partial charge in [0.2, 0.25) is 5.43 Å². The van der Waals surface area contributed by atoms with Crippen molar-refractivity contribution >= 4 is 22.8 Å². The zero-order valence-electron chi connectivity index (χ0n) is 13.8. The van der Waals surface area contributed by atoms with Gasteiger partial charge >= 0.3 is 6.03 Å². The van der Waals surface area contributed by atoms with Crippen molar-refractivity contribution in [1.82, 2.24) is 20.1 Å². The number of aromatic nitrogens is 1. The summed E-state index contributed by atoms with van der Waals surface area (Å²) >= 11 is 0. The Balaban J connectivity index is 1.50. The molecule has 7 nitrogen and oxygen atoms in total. The Kier molecular flexibility index (Phi) is 3.91. The van der Waals surface area contributed by atoms with Crippen molar-refractivity contribution in [1.29, 1.82) is 0 Å². The lowest BCUT2D eigenvalue weighted by molar-refractivity contribution is 0.0664. The standard InChI is InChI=1S/C18H20N4O3/c23-16-13-3-1-2-4-15(13)20-11-14(16)17(24)21-8-5-12(6-9-21)22-10-7-19-18(22)25/h1-4,11-12H,5-10H2,(H,19,25)(H,20,23). The molecule has 0 aliphatic carbocycles. The Morgan fingerprint density at radius 3 is 2.56 bits per heavy atom. The largest absolute Gasteiger partial charge is 0.360 e. The maximum Gasteiger partial charge on any atom is 0.317 e. The Bertz CT molecular complexity index is 883. The van der Waals surface area contributed by atoms with Crippen LogP contribution in [-0.4, -0.2) is 58.9 Å². The summed E-state index contributed by atoms with van der Waals surface area (Å²) in [5.41, 5.74) is 0.666. The average molecular weight is 340 g/mol. The fraction of sp³-hybridized carbons (Fsp3) is 0.389. The normalized spacial score (nSPS) is 18.6. The van der Waals surface area contributed by atoms with Crippen LogP contribution in [0.15, 0.2) is 35.3 Å². The highest BCUT2D eigenvalue weighted by Crippen LogP contribution is 2.19. The number of benzene rings is 1. The van der Waals surface area contributed by atoms with Gasteiger partial charge in [-0.1, -0.05) is 12.1 Å². The highest BCUT2D eigenvalue weighted by molar-refractivity contribution is 5.97. The second kappa shape index (κ2) is 6.23. The van der Waals surface area contributed by atoms with Crippen molar-refractivity contribution in [3.8, 4) is 0 Å². The molecule has 7 heteroatoms. The van der Waals surface area contributed by atoms with Crippen LogP contribution < -0.4 is 10.7 Å². The first kappa shape index (κ1) is 15.7. The fourth-order valence-corrected chi connectivity index (χ4v) is 3.71. The van der Waals surface area contributed by atoms with Crippen molar-refractivity contribution in [2.75, 3.05) is 26.2 Å². The minimum Gasteiger partial charge on any atom is -0.360 e. The number of nitrogens with one attached hydrogen (secondary N) is 2. The summed E-state index contributed by atoms with van der Waals surface area (Å²) < 4.78 is 0. The van der Waals surface area contributed by atoms with Gasteiger partial charge in [0, 0.05) is 49.3 Å². The highest BCUT2D eigenvalue weighted by Gasteiger charge is 2.32. The minimum atomic E-state index is -0.240. The zero-order valence-corrected chi connectivity index (χ0v) is 13.8. The van der Waals surface area contributed by atoms with Crippen molar-refractivity contribution in [3.63, 3.8) is 0 Å². The molecule has 0 unspecified atom stereocenters. The lowest BCUT2D eigenvalue weighted by atomic mass is 10.0. The summed E-state index contributed by atoms with van der Waals surface area (Å²) in [6, 6.07) is 7.33. The van der Waals surface area contributed by atoms with E-state index in [-0.39, 0.29) is 29.0 Å². The molecular weight excluding hydrogens is 320 g/mol. The lowest BCUT2D eigenvalue weighted by Gasteiger charge is -2.36. The summed E-state index contributed by atoms with van der Waals surface area (Å²) in [4.78, 5) is 43.7. The first-order valence-electron chi connectivity index (χ1n) is 8.59. The quantitative estimate of drug-likeness (QED) is 0.860. The minimum absolute atomic E-state index is 0.0178. The number of aromatic amines is 1. The molecule has 0 atom stereocenters. The third-order valence-electron chi connectivity index (χ3n) is 5.10. The molecule has 0 radical (unpaired) electrons. The van der Waals surface area contributed by atoms with E-state index >= 15 is 0 Å². The van der Waals surface area contributed by atoms with E-state index in [1.807, 2.05) is 17.0 Å². The number of H-pyrrole nitrogens is 1. The third kappa shape index (κ3) is 2.75. The number of carbonyl (C=O) groups is 2. The van der Waals surface area contributed by atoms with Crippen molar-refractivity contribution in [2.45, 2.75) is 18.9 Å². The number of nitrogens with zero attached hydrogens (tertiary/aromatic N) is 2. The van der Waals surface area contributed by atoms with Gasteiger partial charge in [-0.05, 0) is 25.0 Å². The van der Waals surface area contributed by atoms with Gasteiger partial charge in [0.25, 0.3) is 5.91 Å². The first-order valence-corrected chi connectivity index (χ1v) is 8.59. The number of hydrogen-bond acceptors (Lipinski definition) is 3. The second-order valence-corrected chi connectivity index (χ2v) is 6.53. The molecule has 130 valence electrons. The van der Waals surface area contributed by atoms with E-state index in [9.17, 15) is 14.4 Å². The molecular formula is C18H20N4O3. The van der Waals surface area contributed by atoms with Crippen molar-refractivity contribution < 1.29 is 9.59 Å². The molecule has 2 saturated heterocycles. The SMILES string of the molecule is O=C(c1c[nH]c2ccccc2c1=O)N1CCC(N2CCNC2=O)CC1. The van der Waals surface area contributed by atoms with Gasteiger partial charge in [0.05, 0.1) is 0 Å². The van der Waals surface area contributed by atoms with E-state index in [0.717, 1.165) is 24.9 Å². The van der Waals surface area contributed by atoms with Crippen LogP contribution in [0.3, 0.4) is 0 Å². The van der Waals surface area contributed by atoms with Crippen LogP contribution in [0.5, 0.6) is 0 Å². The van der Waals surface area contributed by atoms with Crippen molar-refractivity contribution in [2.24, 2.45) is 0 Å². The monoisotopic (exact) mass is 340 g/mol. The van der Waals surface area contributed by atoms with E-state index in [4.69, 9.17) is 0 Å².